The maximum atomic E-state index is 11.6. The van der Waals surface area contributed by atoms with Gasteiger partial charge in [0.05, 0.1) is 12.1 Å². The average molecular weight is 215 g/mol. The number of ether oxygens (including phenoxy) is 1. The summed E-state index contributed by atoms with van der Waals surface area (Å²) in [7, 11) is 0. The Morgan fingerprint density at radius 1 is 1.25 bits per heavy atom. The second kappa shape index (κ2) is 4.75. The number of pyridine rings is 1. The van der Waals surface area contributed by atoms with E-state index in [1.54, 1.807) is 6.07 Å². The van der Waals surface area contributed by atoms with Gasteiger partial charge in [-0.15, -0.1) is 0 Å². The largest absolute Gasteiger partial charge is 0.461 e. The number of carbonyl (C=O) groups excluding carboxylic acids is 1. The van der Waals surface area contributed by atoms with E-state index in [-0.39, 0.29) is 5.97 Å². The quantitative estimate of drug-likeness (QED) is 0.739. The lowest BCUT2D eigenvalue weighted by Crippen LogP contribution is -2.07. The molecular formula is C13H13NO2. The van der Waals surface area contributed by atoms with Gasteiger partial charge in [-0.1, -0.05) is 31.2 Å². The molecule has 0 fully saturated rings. The summed E-state index contributed by atoms with van der Waals surface area (Å²) in [6, 6.07) is 11.3. The molecule has 0 radical (unpaired) electrons. The summed E-state index contributed by atoms with van der Waals surface area (Å²) in [5.74, 6) is -0.354. The van der Waals surface area contributed by atoms with E-state index >= 15 is 0 Å². The second-order valence-corrected chi connectivity index (χ2v) is 3.53. The Hall–Kier alpha value is -1.90. The molecule has 0 saturated carbocycles. The van der Waals surface area contributed by atoms with Crippen LogP contribution in [0.15, 0.2) is 36.4 Å². The maximum absolute atomic E-state index is 11.6. The summed E-state index contributed by atoms with van der Waals surface area (Å²) < 4.78 is 5.02. The van der Waals surface area contributed by atoms with Crippen LogP contribution in [-0.2, 0) is 4.74 Å². The zero-order valence-corrected chi connectivity index (χ0v) is 9.14. The van der Waals surface area contributed by atoms with Crippen LogP contribution < -0.4 is 0 Å². The Kier molecular flexibility index (Phi) is 3.15. The van der Waals surface area contributed by atoms with Gasteiger partial charge in [0, 0.05) is 5.39 Å². The van der Waals surface area contributed by atoms with Crippen LogP contribution in [0.4, 0.5) is 0 Å². The first-order valence-corrected chi connectivity index (χ1v) is 5.34. The van der Waals surface area contributed by atoms with Crippen molar-refractivity contribution in [2.24, 2.45) is 0 Å². The van der Waals surface area contributed by atoms with Crippen molar-refractivity contribution in [1.29, 1.82) is 0 Å². The third kappa shape index (κ3) is 2.19. The number of carbonyl (C=O) groups is 1. The summed E-state index contributed by atoms with van der Waals surface area (Å²) in [6.45, 7) is 2.40. The third-order valence-corrected chi connectivity index (χ3v) is 2.24. The lowest BCUT2D eigenvalue weighted by atomic mass is 10.2. The fourth-order valence-corrected chi connectivity index (χ4v) is 1.45. The first-order chi connectivity index (χ1) is 7.81. The van der Waals surface area contributed by atoms with Gasteiger partial charge in [0.15, 0.2) is 0 Å². The van der Waals surface area contributed by atoms with E-state index < -0.39 is 0 Å². The van der Waals surface area contributed by atoms with Crippen molar-refractivity contribution in [1.82, 2.24) is 4.98 Å². The van der Waals surface area contributed by atoms with Crippen LogP contribution in [0.1, 0.15) is 23.8 Å². The standard InChI is InChI=1S/C13H13NO2/c1-2-9-16-13(15)12-8-7-10-5-3-4-6-11(10)14-12/h3-8H,2,9H2,1H3. The molecule has 2 rings (SSSR count). The molecule has 82 valence electrons. The zero-order valence-electron chi connectivity index (χ0n) is 9.14. The Balaban J connectivity index is 2.28. The molecule has 0 aliphatic heterocycles. The molecule has 0 N–H and O–H groups in total. The minimum absolute atomic E-state index is 0.354. The predicted octanol–water partition coefficient (Wildman–Crippen LogP) is 2.80. The highest BCUT2D eigenvalue weighted by Crippen LogP contribution is 2.12. The molecule has 3 nitrogen and oxygen atoms in total. The summed E-state index contributed by atoms with van der Waals surface area (Å²) >= 11 is 0. The minimum atomic E-state index is -0.354. The maximum Gasteiger partial charge on any atom is 0.356 e. The molecule has 16 heavy (non-hydrogen) atoms. The SMILES string of the molecule is CCCOC(=O)c1ccc2ccccc2n1. The van der Waals surface area contributed by atoms with Gasteiger partial charge in [0.1, 0.15) is 5.69 Å². The van der Waals surface area contributed by atoms with Crippen molar-refractivity contribution < 1.29 is 9.53 Å². The molecule has 2 aromatic rings. The number of hydrogen-bond acceptors (Lipinski definition) is 3. The number of fused-ring (bicyclic) bond motifs is 1. The van der Waals surface area contributed by atoms with Gasteiger partial charge in [-0.05, 0) is 18.6 Å². The molecule has 0 atom stereocenters. The normalized spacial score (nSPS) is 10.3. The Morgan fingerprint density at radius 2 is 2.06 bits per heavy atom. The van der Waals surface area contributed by atoms with E-state index in [1.807, 2.05) is 37.3 Å². The fourth-order valence-electron chi connectivity index (χ4n) is 1.45. The molecule has 1 aromatic carbocycles. The molecule has 0 bridgehead atoms. The van der Waals surface area contributed by atoms with Crippen molar-refractivity contribution in [2.75, 3.05) is 6.61 Å². The van der Waals surface area contributed by atoms with E-state index in [0.717, 1.165) is 17.3 Å². The molecule has 0 unspecified atom stereocenters. The van der Waals surface area contributed by atoms with Gasteiger partial charge < -0.3 is 4.74 Å². The van der Waals surface area contributed by atoms with Gasteiger partial charge in [-0.3, -0.25) is 0 Å². The van der Waals surface area contributed by atoms with Crippen molar-refractivity contribution in [2.45, 2.75) is 13.3 Å². The molecule has 0 spiro atoms. The highest BCUT2D eigenvalue weighted by Gasteiger charge is 2.08. The number of aromatic nitrogens is 1. The second-order valence-electron chi connectivity index (χ2n) is 3.53. The molecule has 1 heterocycles. The van der Waals surface area contributed by atoms with Crippen LogP contribution in [-0.4, -0.2) is 17.6 Å². The number of rotatable bonds is 3. The lowest BCUT2D eigenvalue weighted by Gasteiger charge is -2.03. The van der Waals surface area contributed by atoms with E-state index in [2.05, 4.69) is 4.98 Å². The Bertz CT molecular complexity index is 508. The monoisotopic (exact) mass is 215 g/mol. The Morgan fingerprint density at radius 3 is 2.88 bits per heavy atom. The number of hydrogen-bond donors (Lipinski definition) is 0. The van der Waals surface area contributed by atoms with E-state index in [4.69, 9.17) is 4.74 Å². The van der Waals surface area contributed by atoms with Crippen molar-refractivity contribution >= 4 is 16.9 Å². The van der Waals surface area contributed by atoms with Crippen LogP contribution >= 0.6 is 0 Å². The third-order valence-electron chi connectivity index (χ3n) is 2.24. The van der Waals surface area contributed by atoms with Crippen LogP contribution in [0.25, 0.3) is 10.9 Å². The van der Waals surface area contributed by atoms with E-state index in [9.17, 15) is 4.79 Å². The highest BCUT2D eigenvalue weighted by atomic mass is 16.5. The fraction of sp³-hybridized carbons (Fsp3) is 0.231. The number of benzene rings is 1. The highest BCUT2D eigenvalue weighted by molar-refractivity contribution is 5.90. The van der Waals surface area contributed by atoms with Crippen LogP contribution in [0.3, 0.4) is 0 Å². The smallest absolute Gasteiger partial charge is 0.356 e. The van der Waals surface area contributed by atoms with Gasteiger partial charge in [-0.25, -0.2) is 9.78 Å². The van der Waals surface area contributed by atoms with E-state index in [1.165, 1.54) is 0 Å². The zero-order chi connectivity index (χ0) is 11.4. The minimum Gasteiger partial charge on any atom is -0.461 e. The van der Waals surface area contributed by atoms with Crippen LogP contribution in [0.5, 0.6) is 0 Å². The van der Waals surface area contributed by atoms with Crippen LogP contribution in [0, 0.1) is 0 Å². The first kappa shape index (κ1) is 10.6. The van der Waals surface area contributed by atoms with Crippen molar-refractivity contribution in [3.63, 3.8) is 0 Å². The summed E-state index contributed by atoms with van der Waals surface area (Å²) in [5.41, 5.74) is 1.18. The van der Waals surface area contributed by atoms with Gasteiger partial charge in [0.25, 0.3) is 0 Å². The molecule has 0 saturated heterocycles. The molecule has 0 amide bonds. The van der Waals surface area contributed by atoms with Crippen LogP contribution in [0.2, 0.25) is 0 Å². The number of esters is 1. The molecule has 0 aliphatic rings. The molecule has 0 aliphatic carbocycles. The van der Waals surface area contributed by atoms with Gasteiger partial charge in [-0.2, -0.15) is 0 Å². The van der Waals surface area contributed by atoms with Crippen molar-refractivity contribution in [3.05, 3.63) is 42.1 Å². The van der Waals surface area contributed by atoms with Crippen molar-refractivity contribution in [3.8, 4) is 0 Å². The average Bonchev–Trinajstić information content (AvgIpc) is 2.35. The lowest BCUT2D eigenvalue weighted by molar-refractivity contribution is 0.0498. The van der Waals surface area contributed by atoms with Gasteiger partial charge in [0.2, 0.25) is 0 Å². The molecule has 3 heteroatoms. The predicted molar refractivity (Wildman–Crippen MR) is 62.3 cm³/mol. The number of para-hydroxylation sites is 1. The van der Waals surface area contributed by atoms with E-state index in [0.29, 0.717) is 12.3 Å². The first-order valence-electron chi connectivity index (χ1n) is 5.34. The number of nitrogens with zero attached hydrogens (tertiary/aromatic N) is 1. The molecule has 1 aromatic heterocycles. The Labute approximate surface area is 94.1 Å². The summed E-state index contributed by atoms with van der Waals surface area (Å²) in [5, 5.41) is 1.02. The summed E-state index contributed by atoms with van der Waals surface area (Å²) in [4.78, 5) is 15.8. The topological polar surface area (TPSA) is 39.2 Å². The van der Waals surface area contributed by atoms with Gasteiger partial charge >= 0.3 is 5.97 Å². The summed E-state index contributed by atoms with van der Waals surface area (Å²) in [6.07, 6.45) is 0.819. The molecular weight excluding hydrogens is 202 g/mol.